The first-order chi connectivity index (χ1) is 9.75. The number of nitrogens with zero attached hydrogens (tertiary/aromatic N) is 2. The summed E-state index contributed by atoms with van der Waals surface area (Å²) in [5.74, 6) is 0. The van der Waals surface area contributed by atoms with E-state index in [9.17, 15) is 8.78 Å². The van der Waals surface area contributed by atoms with Crippen LogP contribution in [0.2, 0.25) is 0 Å². The van der Waals surface area contributed by atoms with Crippen LogP contribution in [0.5, 0.6) is 0 Å². The molecule has 1 aromatic carbocycles. The van der Waals surface area contributed by atoms with Crippen molar-refractivity contribution in [3.05, 3.63) is 54.1 Å². The van der Waals surface area contributed by atoms with Crippen molar-refractivity contribution in [1.82, 2.24) is 14.9 Å². The summed E-state index contributed by atoms with van der Waals surface area (Å²) in [6.45, 7) is 2.62. The van der Waals surface area contributed by atoms with Gasteiger partial charge in [0.15, 0.2) is 0 Å². The van der Waals surface area contributed by atoms with Gasteiger partial charge in [0.1, 0.15) is 0 Å². The molecule has 0 radical (unpaired) electrons. The van der Waals surface area contributed by atoms with Gasteiger partial charge in [0.25, 0.3) is 6.43 Å². The summed E-state index contributed by atoms with van der Waals surface area (Å²) in [7, 11) is 0. The first-order valence-electron chi connectivity index (χ1n) is 6.79. The largest absolute Gasteiger partial charge is 0.337 e. The molecule has 0 bridgehead atoms. The van der Waals surface area contributed by atoms with E-state index < -0.39 is 6.43 Å². The van der Waals surface area contributed by atoms with Crippen molar-refractivity contribution in [1.29, 1.82) is 0 Å². The Morgan fingerprint density at radius 2 is 1.95 bits per heavy atom. The summed E-state index contributed by atoms with van der Waals surface area (Å²) in [6, 6.07) is 6.47. The summed E-state index contributed by atoms with van der Waals surface area (Å²) in [6.07, 6.45) is 5.33. The molecule has 0 fully saturated rings. The van der Waals surface area contributed by atoms with E-state index in [1.54, 1.807) is 18.3 Å². The zero-order valence-electron chi connectivity index (χ0n) is 11.3. The van der Waals surface area contributed by atoms with E-state index in [-0.39, 0.29) is 5.56 Å². The van der Waals surface area contributed by atoms with Crippen molar-refractivity contribution >= 4 is 0 Å². The van der Waals surface area contributed by atoms with Crippen LogP contribution < -0.4 is 5.32 Å². The Balaban J connectivity index is 1.58. The standard InChI is InChI=1S/C15H19F2N3/c16-15(17)14-5-3-13(4-6-14)11-18-7-1-2-9-20-10-8-19-12-20/h3-6,8,10,12,15,18H,1-2,7,9,11H2. The highest BCUT2D eigenvalue weighted by Gasteiger charge is 2.05. The molecule has 20 heavy (non-hydrogen) atoms. The number of hydrogen-bond donors (Lipinski definition) is 1. The molecule has 0 aliphatic rings. The molecule has 3 nitrogen and oxygen atoms in total. The number of rotatable bonds is 8. The van der Waals surface area contributed by atoms with Crippen LogP contribution in [0.1, 0.15) is 30.4 Å². The fourth-order valence-electron chi connectivity index (χ4n) is 1.98. The normalized spacial score (nSPS) is 11.2. The first kappa shape index (κ1) is 14.7. The van der Waals surface area contributed by atoms with Gasteiger partial charge >= 0.3 is 0 Å². The monoisotopic (exact) mass is 279 g/mol. The van der Waals surface area contributed by atoms with Crippen molar-refractivity contribution in [2.24, 2.45) is 0 Å². The van der Waals surface area contributed by atoms with E-state index in [1.807, 2.05) is 12.5 Å². The van der Waals surface area contributed by atoms with Crippen LogP contribution in [-0.4, -0.2) is 16.1 Å². The molecule has 0 saturated heterocycles. The third-order valence-corrected chi connectivity index (χ3v) is 3.14. The van der Waals surface area contributed by atoms with E-state index in [1.165, 1.54) is 12.1 Å². The van der Waals surface area contributed by atoms with Crippen LogP contribution in [-0.2, 0) is 13.1 Å². The number of benzene rings is 1. The Kier molecular flexibility index (Phi) is 5.68. The molecule has 0 amide bonds. The molecule has 2 rings (SSSR count). The van der Waals surface area contributed by atoms with Crippen molar-refractivity contribution in [2.75, 3.05) is 6.54 Å². The molecule has 0 saturated carbocycles. The second kappa shape index (κ2) is 7.75. The quantitative estimate of drug-likeness (QED) is 0.751. The molecule has 1 aromatic heterocycles. The average molecular weight is 279 g/mol. The maximum absolute atomic E-state index is 12.4. The Morgan fingerprint density at radius 1 is 1.15 bits per heavy atom. The van der Waals surface area contributed by atoms with Crippen LogP contribution in [0.15, 0.2) is 43.0 Å². The predicted molar refractivity (Wildman–Crippen MR) is 74.6 cm³/mol. The van der Waals surface area contributed by atoms with Crippen LogP contribution >= 0.6 is 0 Å². The predicted octanol–water partition coefficient (Wildman–Crippen LogP) is 3.39. The summed E-state index contributed by atoms with van der Waals surface area (Å²) in [5.41, 5.74) is 1.11. The summed E-state index contributed by atoms with van der Waals surface area (Å²) in [5, 5.41) is 3.32. The van der Waals surface area contributed by atoms with E-state index in [0.29, 0.717) is 6.54 Å². The molecule has 0 unspecified atom stereocenters. The lowest BCUT2D eigenvalue weighted by molar-refractivity contribution is 0.151. The lowest BCUT2D eigenvalue weighted by atomic mass is 10.1. The van der Waals surface area contributed by atoms with Crippen LogP contribution in [0, 0.1) is 0 Å². The molecule has 5 heteroatoms. The average Bonchev–Trinajstić information content (AvgIpc) is 2.96. The highest BCUT2D eigenvalue weighted by Crippen LogP contribution is 2.18. The highest BCUT2D eigenvalue weighted by molar-refractivity contribution is 5.23. The minimum absolute atomic E-state index is 0.0779. The van der Waals surface area contributed by atoms with Gasteiger partial charge in [-0.25, -0.2) is 13.8 Å². The fraction of sp³-hybridized carbons (Fsp3) is 0.400. The van der Waals surface area contributed by atoms with Gasteiger partial charge in [-0.3, -0.25) is 0 Å². The summed E-state index contributed by atoms with van der Waals surface area (Å²) in [4.78, 5) is 3.99. The van der Waals surface area contributed by atoms with E-state index in [2.05, 4.69) is 14.9 Å². The Labute approximate surface area is 117 Å². The van der Waals surface area contributed by atoms with Crippen molar-refractivity contribution in [3.8, 4) is 0 Å². The first-order valence-corrected chi connectivity index (χ1v) is 6.79. The number of nitrogens with one attached hydrogen (secondary N) is 1. The van der Waals surface area contributed by atoms with Crippen molar-refractivity contribution in [3.63, 3.8) is 0 Å². The maximum Gasteiger partial charge on any atom is 0.263 e. The topological polar surface area (TPSA) is 29.9 Å². The number of aromatic nitrogens is 2. The van der Waals surface area contributed by atoms with E-state index in [0.717, 1.165) is 31.5 Å². The highest BCUT2D eigenvalue weighted by atomic mass is 19.3. The number of imidazole rings is 1. The molecule has 0 spiro atoms. The lowest BCUT2D eigenvalue weighted by Gasteiger charge is -2.06. The second-order valence-electron chi connectivity index (χ2n) is 4.73. The van der Waals surface area contributed by atoms with Gasteiger partial charge in [0.2, 0.25) is 0 Å². The van der Waals surface area contributed by atoms with E-state index >= 15 is 0 Å². The number of aryl methyl sites for hydroxylation is 1. The van der Waals surface area contributed by atoms with Gasteiger partial charge in [0, 0.05) is 31.0 Å². The zero-order chi connectivity index (χ0) is 14.2. The Morgan fingerprint density at radius 3 is 2.60 bits per heavy atom. The number of alkyl halides is 2. The smallest absolute Gasteiger partial charge is 0.263 e. The molecule has 0 aliphatic carbocycles. The van der Waals surface area contributed by atoms with Crippen LogP contribution in [0.25, 0.3) is 0 Å². The van der Waals surface area contributed by atoms with Gasteiger partial charge in [-0.1, -0.05) is 24.3 Å². The summed E-state index contributed by atoms with van der Waals surface area (Å²) < 4.78 is 26.8. The van der Waals surface area contributed by atoms with Crippen molar-refractivity contribution in [2.45, 2.75) is 32.4 Å². The lowest BCUT2D eigenvalue weighted by Crippen LogP contribution is -2.15. The number of hydrogen-bond acceptors (Lipinski definition) is 2. The SMILES string of the molecule is FC(F)c1ccc(CNCCCCn2ccnc2)cc1. The number of unbranched alkanes of at least 4 members (excludes halogenated alkanes) is 1. The molecule has 2 aromatic rings. The molecular weight excluding hydrogens is 260 g/mol. The van der Waals surface area contributed by atoms with Crippen LogP contribution in [0.4, 0.5) is 8.78 Å². The van der Waals surface area contributed by atoms with Gasteiger partial charge in [-0.15, -0.1) is 0 Å². The third-order valence-electron chi connectivity index (χ3n) is 3.14. The molecular formula is C15H19F2N3. The minimum Gasteiger partial charge on any atom is -0.337 e. The van der Waals surface area contributed by atoms with Crippen LogP contribution in [0.3, 0.4) is 0 Å². The Hall–Kier alpha value is -1.75. The number of halogens is 2. The van der Waals surface area contributed by atoms with Crippen molar-refractivity contribution < 1.29 is 8.78 Å². The summed E-state index contributed by atoms with van der Waals surface area (Å²) >= 11 is 0. The van der Waals surface area contributed by atoms with Gasteiger partial charge < -0.3 is 9.88 Å². The minimum atomic E-state index is -2.39. The van der Waals surface area contributed by atoms with Gasteiger partial charge in [-0.2, -0.15) is 0 Å². The second-order valence-corrected chi connectivity index (χ2v) is 4.73. The fourth-order valence-corrected chi connectivity index (χ4v) is 1.98. The molecule has 0 aliphatic heterocycles. The zero-order valence-corrected chi connectivity index (χ0v) is 11.3. The Bertz CT molecular complexity index is 480. The van der Waals surface area contributed by atoms with Gasteiger partial charge in [-0.05, 0) is 24.9 Å². The van der Waals surface area contributed by atoms with Gasteiger partial charge in [0.05, 0.1) is 6.33 Å². The molecule has 0 atom stereocenters. The van der Waals surface area contributed by atoms with E-state index in [4.69, 9.17) is 0 Å². The molecule has 108 valence electrons. The molecule has 1 N–H and O–H groups in total. The molecule has 1 heterocycles. The third kappa shape index (κ3) is 4.74. The maximum atomic E-state index is 12.4.